The van der Waals surface area contributed by atoms with Gasteiger partial charge in [-0.25, -0.2) is 0 Å². The van der Waals surface area contributed by atoms with Gasteiger partial charge in [-0.05, 0) is 43.6 Å². The first kappa shape index (κ1) is 13.6. The molecule has 2 unspecified atom stereocenters. The number of carbonyl (C=O) groups excluding carboxylic acids is 1. The minimum atomic E-state index is -0.164. The first-order valence-corrected chi connectivity index (χ1v) is 7.80. The summed E-state index contributed by atoms with van der Waals surface area (Å²) in [6, 6.07) is 10.7. The van der Waals surface area contributed by atoms with Crippen molar-refractivity contribution in [3.05, 3.63) is 35.9 Å². The number of hydrogen-bond acceptors (Lipinski definition) is 2. The zero-order valence-corrected chi connectivity index (χ0v) is 12.0. The molecule has 2 atom stereocenters. The van der Waals surface area contributed by atoms with Crippen molar-refractivity contribution in [2.75, 3.05) is 19.7 Å². The zero-order chi connectivity index (χ0) is 13.8. The van der Waals surface area contributed by atoms with Crippen LogP contribution in [0, 0.1) is 0 Å². The van der Waals surface area contributed by atoms with Crippen LogP contribution in [0.25, 0.3) is 0 Å². The minimum Gasteiger partial charge on any atom is -0.368 e. The molecule has 20 heavy (non-hydrogen) atoms. The van der Waals surface area contributed by atoms with E-state index in [1.807, 2.05) is 4.90 Å². The molecular formula is C17H23NO2. The van der Waals surface area contributed by atoms with Crippen LogP contribution < -0.4 is 0 Å². The molecule has 108 valence electrons. The molecule has 2 fully saturated rings. The summed E-state index contributed by atoms with van der Waals surface area (Å²) in [6.07, 6.45) is 5.11. The summed E-state index contributed by atoms with van der Waals surface area (Å²) in [6.45, 7) is 2.51. The van der Waals surface area contributed by atoms with Gasteiger partial charge in [0.25, 0.3) is 5.91 Å². The molecule has 2 heterocycles. The number of amides is 1. The van der Waals surface area contributed by atoms with Crippen molar-refractivity contribution >= 4 is 5.91 Å². The molecule has 0 aliphatic carbocycles. The molecule has 3 heteroatoms. The highest BCUT2D eigenvalue weighted by molar-refractivity contribution is 5.81. The third-order valence-corrected chi connectivity index (χ3v) is 4.52. The third-order valence-electron chi connectivity index (χ3n) is 4.52. The van der Waals surface area contributed by atoms with Crippen LogP contribution in [0.15, 0.2) is 30.3 Å². The van der Waals surface area contributed by atoms with Crippen molar-refractivity contribution in [1.29, 1.82) is 0 Å². The minimum absolute atomic E-state index is 0.164. The molecule has 3 nitrogen and oxygen atoms in total. The standard InChI is InChI=1S/C17H23NO2/c19-17(16-9-5-13-20-16)18-11-4-8-15(10-12-18)14-6-2-1-3-7-14/h1-3,6-7,15-16H,4-5,8-13H2. The highest BCUT2D eigenvalue weighted by Gasteiger charge is 2.29. The Morgan fingerprint density at radius 1 is 1.05 bits per heavy atom. The molecule has 0 radical (unpaired) electrons. The fraction of sp³-hybridized carbons (Fsp3) is 0.588. The molecule has 0 aromatic heterocycles. The highest BCUT2D eigenvalue weighted by atomic mass is 16.5. The Morgan fingerprint density at radius 3 is 2.65 bits per heavy atom. The zero-order valence-electron chi connectivity index (χ0n) is 12.0. The maximum Gasteiger partial charge on any atom is 0.251 e. The summed E-state index contributed by atoms with van der Waals surface area (Å²) in [7, 11) is 0. The average Bonchev–Trinajstić information content (AvgIpc) is 2.92. The highest BCUT2D eigenvalue weighted by Crippen LogP contribution is 2.28. The molecule has 0 saturated carbocycles. The van der Waals surface area contributed by atoms with Crippen LogP contribution in [-0.4, -0.2) is 36.6 Å². The Hall–Kier alpha value is -1.35. The Bertz CT molecular complexity index is 440. The van der Waals surface area contributed by atoms with E-state index in [4.69, 9.17) is 4.74 Å². The monoisotopic (exact) mass is 273 g/mol. The van der Waals surface area contributed by atoms with E-state index in [1.165, 1.54) is 12.0 Å². The normalized spacial score (nSPS) is 27.3. The van der Waals surface area contributed by atoms with Crippen molar-refractivity contribution in [2.45, 2.75) is 44.1 Å². The second kappa shape index (κ2) is 6.40. The van der Waals surface area contributed by atoms with Gasteiger partial charge in [-0.3, -0.25) is 4.79 Å². The van der Waals surface area contributed by atoms with Gasteiger partial charge in [0.1, 0.15) is 6.10 Å². The molecule has 1 amide bonds. The largest absolute Gasteiger partial charge is 0.368 e. The summed E-state index contributed by atoms with van der Waals surface area (Å²) in [5, 5.41) is 0. The van der Waals surface area contributed by atoms with E-state index in [1.54, 1.807) is 0 Å². The number of hydrogen-bond donors (Lipinski definition) is 0. The van der Waals surface area contributed by atoms with Gasteiger partial charge in [-0.2, -0.15) is 0 Å². The van der Waals surface area contributed by atoms with Crippen LogP contribution in [0.4, 0.5) is 0 Å². The summed E-state index contributed by atoms with van der Waals surface area (Å²) < 4.78 is 5.53. The maximum absolute atomic E-state index is 12.4. The lowest BCUT2D eigenvalue weighted by atomic mass is 9.92. The topological polar surface area (TPSA) is 29.5 Å². The smallest absolute Gasteiger partial charge is 0.251 e. The Labute approximate surface area is 120 Å². The lowest BCUT2D eigenvalue weighted by Gasteiger charge is -2.23. The summed E-state index contributed by atoms with van der Waals surface area (Å²) in [5.74, 6) is 0.815. The van der Waals surface area contributed by atoms with Gasteiger partial charge in [0.15, 0.2) is 0 Å². The van der Waals surface area contributed by atoms with Gasteiger partial charge in [-0.15, -0.1) is 0 Å². The first-order valence-electron chi connectivity index (χ1n) is 7.80. The number of rotatable bonds is 2. The second-order valence-corrected chi connectivity index (χ2v) is 5.87. The molecule has 3 rings (SSSR count). The molecular weight excluding hydrogens is 250 g/mol. The van der Waals surface area contributed by atoms with Crippen LogP contribution >= 0.6 is 0 Å². The van der Waals surface area contributed by atoms with Crippen molar-refractivity contribution < 1.29 is 9.53 Å². The van der Waals surface area contributed by atoms with E-state index in [9.17, 15) is 4.79 Å². The molecule has 0 bridgehead atoms. The Morgan fingerprint density at radius 2 is 1.90 bits per heavy atom. The predicted octanol–water partition coefficient (Wildman–Crippen LogP) is 2.96. The molecule has 2 aliphatic rings. The number of carbonyl (C=O) groups is 1. The quantitative estimate of drug-likeness (QED) is 0.829. The first-order chi connectivity index (χ1) is 9.84. The van der Waals surface area contributed by atoms with Gasteiger partial charge in [0, 0.05) is 19.7 Å². The number of nitrogens with zero attached hydrogens (tertiary/aromatic N) is 1. The van der Waals surface area contributed by atoms with Gasteiger partial charge in [0.2, 0.25) is 0 Å². The van der Waals surface area contributed by atoms with E-state index < -0.39 is 0 Å². The van der Waals surface area contributed by atoms with Crippen LogP contribution in [0.3, 0.4) is 0 Å². The lowest BCUT2D eigenvalue weighted by molar-refractivity contribution is -0.140. The van der Waals surface area contributed by atoms with Crippen LogP contribution in [0.2, 0.25) is 0 Å². The van der Waals surface area contributed by atoms with Gasteiger partial charge < -0.3 is 9.64 Å². The maximum atomic E-state index is 12.4. The fourth-order valence-corrected chi connectivity index (χ4v) is 3.35. The summed E-state index contributed by atoms with van der Waals surface area (Å²) in [4.78, 5) is 14.4. The fourth-order valence-electron chi connectivity index (χ4n) is 3.35. The van der Waals surface area contributed by atoms with Crippen LogP contribution in [-0.2, 0) is 9.53 Å². The third kappa shape index (κ3) is 3.04. The van der Waals surface area contributed by atoms with E-state index in [0.29, 0.717) is 5.92 Å². The molecule has 0 spiro atoms. The van der Waals surface area contributed by atoms with E-state index in [-0.39, 0.29) is 12.0 Å². The predicted molar refractivity (Wildman–Crippen MR) is 78.6 cm³/mol. The van der Waals surface area contributed by atoms with Crippen molar-refractivity contribution in [1.82, 2.24) is 4.90 Å². The number of likely N-dealkylation sites (tertiary alicyclic amines) is 1. The molecule has 1 aromatic carbocycles. The van der Waals surface area contributed by atoms with E-state index in [2.05, 4.69) is 30.3 Å². The van der Waals surface area contributed by atoms with E-state index >= 15 is 0 Å². The average molecular weight is 273 g/mol. The summed E-state index contributed by atoms with van der Waals surface area (Å²) in [5.41, 5.74) is 1.42. The second-order valence-electron chi connectivity index (χ2n) is 5.87. The number of benzene rings is 1. The Kier molecular flexibility index (Phi) is 4.36. The van der Waals surface area contributed by atoms with Gasteiger partial charge in [-0.1, -0.05) is 30.3 Å². The van der Waals surface area contributed by atoms with Crippen LogP contribution in [0.1, 0.15) is 43.6 Å². The Balaban J connectivity index is 1.60. The van der Waals surface area contributed by atoms with E-state index in [0.717, 1.165) is 45.4 Å². The molecule has 1 aromatic rings. The van der Waals surface area contributed by atoms with Crippen molar-refractivity contribution in [2.24, 2.45) is 0 Å². The summed E-state index contributed by atoms with van der Waals surface area (Å²) >= 11 is 0. The van der Waals surface area contributed by atoms with Crippen LogP contribution in [0.5, 0.6) is 0 Å². The SMILES string of the molecule is O=C(C1CCCO1)N1CCCC(c2ccccc2)CC1. The molecule has 2 saturated heterocycles. The lowest BCUT2D eigenvalue weighted by Crippen LogP contribution is -2.39. The molecule has 2 aliphatic heterocycles. The number of ether oxygens (including phenoxy) is 1. The van der Waals surface area contributed by atoms with Gasteiger partial charge in [0.05, 0.1) is 0 Å². The van der Waals surface area contributed by atoms with Gasteiger partial charge >= 0.3 is 0 Å². The van der Waals surface area contributed by atoms with Crippen molar-refractivity contribution in [3.8, 4) is 0 Å². The van der Waals surface area contributed by atoms with Crippen molar-refractivity contribution in [3.63, 3.8) is 0 Å². The molecule has 0 N–H and O–H groups in total.